The number of rotatable bonds is 8. The highest BCUT2D eigenvalue weighted by Gasteiger charge is 2.25. The van der Waals surface area contributed by atoms with E-state index in [1.54, 1.807) is 12.1 Å². The summed E-state index contributed by atoms with van der Waals surface area (Å²) in [6.07, 6.45) is 3.19. The molecule has 0 unspecified atom stereocenters. The number of piperidine rings is 1. The van der Waals surface area contributed by atoms with E-state index >= 15 is 0 Å². The lowest BCUT2D eigenvalue weighted by atomic mass is 9.91. The monoisotopic (exact) mass is 428 g/mol. The van der Waals surface area contributed by atoms with Crippen LogP contribution in [0, 0.1) is 5.92 Å². The zero-order valence-electron chi connectivity index (χ0n) is 17.4. The lowest BCUT2D eigenvalue weighted by Crippen LogP contribution is -2.38. The quantitative estimate of drug-likeness (QED) is 0.663. The maximum atomic E-state index is 12.6. The van der Waals surface area contributed by atoms with Gasteiger partial charge in [-0.3, -0.25) is 9.59 Å². The molecule has 1 aliphatic heterocycles. The first kappa shape index (κ1) is 22.2. The van der Waals surface area contributed by atoms with Crippen molar-refractivity contribution in [1.82, 2.24) is 10.2 Å². The third-order valence-corrected chi connectivity index (χ3v) is 5.81. The van der Waals surface area contributed by atoms with Crippen molar-refractivity contribution >= 4 is 23.4 Å². The Hall–Kier alpha value is -2.53. The summed E-state index contributed by atoms with van der Waals surface area (Å²) >= 11 is 6.15. The van der Waals surface area contributed by atoms with Crippen LogP contribution in [0.4, 0.5) is 0 Å². The molecule has 0 bridgehead atoms. The molecule has 160 valence electrons. The van der Waals surface area contributed by atoms with Gasteiger partial charge in [-0.25, -0.2) is 0 Å². The fraction of sp³-hybridized carbons (Fsp3) is 0.417. The summed E-state index contributed by atoms with van der Waals surface area (Å²) in [5.74, 6) is 1.34. The first-order chi connectivity index (χ1) is 14.6. The van der Waals surface area contributed by atoms with Gasteiger partial charge in [0.1, 0.15) is 5.75 Å². The zero-order chi connectivity index (χ0) is 21.3. The van der Waals surface area contributed by atoms with E-state index in [0.29, 0.717) is 49.2 Å². The molecule has 1 fully saturated rings. The minimum absolute atomic E-state index is 0.00826. The summed E-state index contributed by atoms with van der Waals surface area (Å²) in [7, 11) is 0. The van der Waals surface area contributed by atoms with E-state index in [9.17, 15) is 9.59 Å². The summed E-state index contributed by atoms with van der Waals surface area (Å²) in [5.41, 5.74) is 1.59. The van der Waals surface area contributed by atoms with Crippen molar-refractivity contribution in [3.63, 3.8) is 0 Å². The molecule has 5 nitrogen and oxygen atoms in total. The number of hydrogen-bond donors (Lipinski definition) is 1. The molecule has 2 amide bonds. The van der Waals surface area contributed by atoms with Crippen LogP contribution in [0.15, 0.2) is 48.5 Å². The van der Waals surface area contributed by atoms with Crippen LogP contribution in [-0.2, 0) is 11.3 Å². The number of ether oxygens (including phenoxy) is 1. The maximum Gasteiger partial charge on any atom is 0.255 e. The normalized spacial score (nSPS) is 14.4. The molecule has 0 aromatic heterocycles. The summed E-state index contributed by atoms with van der Waals surface area (Å²) < 4.78 is 5.49. The Bertz CT molecular complexity index is 863. The summed E-state index contributed by atoms with van der Waals surface area (Å²) in [6.45, 7) is 4.50. The largest absolute Gasteiger partial charge is 0.494 e. The van der Waals surface area contributed by atoms with E-state index in [2.05, 4.69) is 5.32 Å². The Kier molecular flexibility index (Phi) is 8.14. The molecule has 0 saturated carbocycles. The first-order valence-electron chi connectivity index (χ1n) is 10.6. The van der Waals surface area contributed by atoms with Gasteiger partial charge in [-0.2, -0.15) is 0 Å². The number of halogens is 1. The second-order valence-corrected chi connectivity index (χ2v) is 8.02. The molecule has 6 heteroatoms. The highest BCUT2D eigenvalue weighted by atomic mass is 35.5. The SMILES string of the molecule is CCOc1cccc(CNC(=O)CCC2CCN(C(=O)c3ccccc3Cl)CC2)c1. The maximum absolute atomic E-state index is 12.6. The summed E-state index contributed by atoms with van der Waals surface area (Å²) in [5, 5.41) is 3.48. The van der Waals surface area contributed by atoms with E-state index < -0.39 is 0 Å². The van der Waals surface area contributed by atoms with E-state index in [0.717, 1.165) is 30.6 Å². The van der Waals surface area contributed by atoms with E-state index in [1.807, 2.05) is 48.2 Å². The second-order valence-electron chi connectivity index (χ2n) is 7.61. The fourth-order valence-electron chi connectivity index (χ4n) is 3.77. The highest BCUT2D eigenvalue weighted by molar-refractivity contribution is 6.33. The van der Waals surface area contributed by atoms with Gasteiger partial charge in [-0.15, -0.1) is 0 Å². The molecule has 0 spiro atoms. The minimum Gasteiger partial charge on any atom is -0.494 e. The third kappa shape index (κ3) is 6.23. The predicted molar refractivity (Wildman–Crippen MR) is 119 cm³/mol. The molecule has 3 rings (SSSR count). The van der Waals surface area contributed by atoms with Crippen LogP contribution in [0.25, 0.3) is 0 Å². The lowest BCUT2D eigenvalue weighted by Gasteiger charge is -2.32. The Morgan fingerprint density at radius 3 is 2.63 bits per heavy atom. The molecular weight excluding hydrogens is 400 g/mol. The molecular formula is C24H29ClN2O3. The van der Waals surface area contributed by atoms with E-state index in [-0.39, 0.29) is 11.8 Å². The standard InChI is InChI=1S/C24H29ClN2O3/c1-2-30-20-7-5-6-19(16-20)17-26-23(28)11-10-18-12-14-27(15-13-18)24(29)21-8-3-4-9-22(21)25/h3-9,16,18H,2,10-15,17H2,1H3,(H,26,28). The number of nitrogens with one attached hydrogen (secondary N) is 1. The topological polar surface area (TPSA) is 58.6 Å². The fourth-order valence-corrected chi connectivity index (χ4v) is 3.98. The molecule has 0 radical (unpaired) electrons. The average molecular weight is 429 g/mol. The van der Waals surface area contributed by atoms with Crippen LogP contribution in [0.5, 0.6) is 5.75 Å². The van der Waals surface area contributed by atoms with Gasteiger partial charge in [0, 0.05) is 26.1 Å². The average Bonchev–Trinajstić information content (AvgIpc) is 2.77. The van der Waals surface area contributed by atoms with Gasteiger partial charge in [0.25, 0.3) is 5.91 Å². The molecule has 0 aliphatic carbocycles. The number of benzene rings is 2. The van der Waals surface area contributed by atoms with Gasteiger partial charge < -0.3 is 15.0 Å². The van der Waals surface area contributed by atoms with Crippen LogP contribution < -0.4 is 10.1 Å². The van der Waals surface area contributed by atoms with E-state index in [4.69, 9.17) is 16.3 Å². The van der Waals surface area contributed by atoms with Crippen molar-refractivity contribution < 1.29 is 14.3 Å². The van der Waals surface area contributed by atoms with Crippen molar-refractivity contribution in [1.29, 1.82) is 0 Å². The van der Waals surface area contributed by atoms with Gasteiger partial charge in [-0.1, -0.05) is 35.9 Å². The number of carbonyl (C=O) groups is 2. The van der Waals surface area contributed by atoms with Gasteiger partial charge in [-0.05, 0) is 61.9 Å². The molecule has 1 heterocycles. The van der Waals surface area contributed by atoms with Crippen LogP contribution in [-0.4, -0.2) is 36.4 Å². The number of hydrogen-bond acceptors (Lipinski definition) is 3. The molecule has 1 saturated heterocycles. The van der Waals surface area contributed by atoms with Crippen molar-refractivity contribution in [2.24, 2.45) is 5.92 Å². The second kappa shape index (κ2) is 11.0. The Labute approximate surface area is 183 Å². The Morgan fingerprint density at radius 2 is 1.90 bits per heavy atom. The first-order valence-corrected chi connectivity index (χ1v) is 11.0. The molecule has 1 N–H and O–H groups in total. The molecule has 1 aliphatic rings. The molecule has 2 aromatic rings. The number of nitrogens with zero attached hydrogens (tertiary/aromatic N) is 1. The number of likely N-dealkylation sites (tertiary alicyclic amines) is 1. The van der Waals surface area contributed by atoms with Gasteiger partial charge >= 0.3 is 0 Å². The molecule has 2 aromatic carbocycles. The molecule has 0 atom stereocenters. The van der Waals surface area contributed by atoms with Gasteiger partial charge in [0.2, 0.25) is 5.91 Å². The minimum atomic E-state index is -0.00826. The van der Waals surface area contributed by atoms with Crippen molar-refractivity contribution in [3.05, 3.63) is 64.7 Å². The van der Waals surface area contributed by atoms with Crippen LogP contribution in [0.2, 0.25) is 5.02 Å². The van der Waals surface area contributed by atoms with Crippen molar-refractivity contribution in [2.75, 3.05) is 19.7 Å². The third-order valence-electron chi connectivity index (χ3n) is 5.48. The van der Waals surface area contributed by atoms with Crippen LogP contribution in [0.1, 0.15) is 48.5 Å². The number of carbonyl (C=O) groups excluding carboxylic acids is 2. The highest BCUT2D eigenvalue weighted by Crippen LogP contribution is 2.25. The van der Waals surface area contributed by atoms with Crippen molar-refractivity contribution in [2.45, 2.75) is 39.2 Å². The summed E-state index contributed by atoms with van der Waals surface area (Å²) in [4.78, 5) is 26.8. The van der Waals surface area contributed by atoms with Gasteiger partial charge in [0.15, 0.2) is 0 Å². The predicted octanol–water partition coefficient (Wildman–Crippen LogP) is 4.69. The smallest absolute Gasteiger partial charge is 0.255 e. The van der Waals surface area contributed by atoms with Crippen LogP contribution >= 0.6 is 11.6 Å². The summed E-state index contributed by atoms with van der Waals surface area (Å²) in [6, 6.07) is 15.0. The van der Waals surface area contributed by atoms with Crippen molar-refractivity contribution in [3.8, 4) is 5.75 Å². The molecule has 30 heavy (non-hydrogen) atoms. The number of amides is 2. The zero-order valence-corrected chi connectivity index (χ0v) is 18.2. The Morgan fingerprint density at radius 1 is 1.13 bits per heavy atom. The van der Waals surface area contributed by atoms with E-state index in [1.165, 1.54) is 0 Å². The van der Waals surface area contributed by atoms with Gasteiger partial charge in [0.05, 0.1) is 17.2 Å². The lowest BCUT2D eigenvalue weighted by molar-refractivity contribution is -0.121. The Balaban J connectivity index is 1.38. The van der Waals surface area contributed by atoms with Crippen LogP contribution in [0.3, 0.4) is 0 Å².